The molecule has 0 bridgehead atoms. The largest absolute Gasteiger partial charge is 0.403 e. The van der Waals surface area contributed by atoms with Crippen molar-refractivity contribution in [3.05, 3.63) is 29.3 Å². The molecule has 0 aliphatic carbocycles. The Hall–Kier alpha value is -2.06. The van der Waals surface area contributed by atoms with E-state index in [9.17, 15) is 0 Å². The molecule has 1 heterocycles. The van der Waals surface area contributed by atoms with Gasteiger partial charge in [0.2, 0.25) is 5.89 Å². The second-order valence-corrected chi connectivity index (χ2v) is 3.09. The molecule has 0 unspecified atom stereocenters. The standard InChI is InChI=1S/C9H5ClN4O/c10-7-3-1-6(2-4-7)8-13-14-9(15-8)12-5-11/h1-4H,(H,12,14). The maximum atomic E-state index is 8.33. The number of nitriles is 1. The highest BCUT2D eigenvalue weighted by Crippen LogP contribution is 2.21. The molecule has 0 saturated carbocycles. The van der Waals surface area contributed by atoms with Crippen LogP contribution in [0.15, 0.2) is 28.7 Å². The Labute approximate surface area is 90.3 Å². The minimum Gasteiger partial charge on any atom is -0.403 e. The Morgan fingerprint density at radius 2 is 2.00 bits per heavy atom. The minimum absolute atomic E-state index is 0.0717. The number of hydrogen-bond acceptors (Lipinski definition) is 5. The normalized spacial score (nSPS) is 9.60. The molecule has 0 saturated heterocycles. The van der Waals surface area contributed by atoms with E-state index in [0.717, 1.165) is 5.56 Å². The van der Waals surface area contributed by atoms with E-state index in [1.807, 2.05) is 0 Å². The predicted molar refractivity (Wildman–Crippen MR) is 54.0 cm³/mol. The average molecular weight is 221 g/mol. The highest BCUT2D eigenvalue weighted by molar-refractivity contribution is 6.30. The van der Waals surface area contributed by atoms with Crippen LogP contribution in [0.4, 0.5) is 6.01 Å². The van der Waals surface area contributed by atoms with Gasteiger partial charge in [0.05, 0.1) is 0 Å². The Morgan fingerprint density at radius 3 is 2.67 bits per heavy atom. The molecule has 6 heteroatoms. The van der Waals surface area contributed by atoms with Crippen molar-refractivity contribution in [2.45, 2.75) is 0 Å². The molecule has 0 radical (unpaired) electrons. The van der Waals surface area contributed by atoms with Crippen LogP contribution in [0.3, 0.4) is 0 Å². The van der Waals surface area contributed by atoms with Gasteiger partial charge in [-0.1, -0.05) is 16.7 Å². The van der Waals surface area contributed by atoms with Gasteiger partial charge in [-0.05, 0) is 24.3 Å². The molecule has 2 aromatic rings. The molecule has 0 aliphatic heterocycles. The van der Waals surface area contributed by atoms with Gasteiger partial charge in [-0.25, -0.2) is 5.32 Å². The van der Waals surface area contributed by atoms with Crippen LogP contribution < -0.4 is 5.32 Å². The Kier molecular flexibility index (Phi) is 2.52. The van der Waals surface area contributed by atoms with E-state index < -0.39 is 0 Å². The summed E-state index contributed by atoms with van der Waals surface area (Å²) >= 11 is 5.73. The summed E-state index contributed by atoms with van der Waals surface area (Å²) in [6.45, 7) is 0. The Bertz CT molecular complexity index is 500. The monoisotopic (exact) mass is 220 g/mol. The van der Waals surface area contributed by atoms with Crippen molar-refractivity contribution in [3.8, 4) is 17.6 Å². The number of nitrogens with zero attached hydrogens (tertiary/aromatic N) is 3. The third-order valence-electron chi connectivity index (χ3n) is 1.68. The lowest BCUT2D eigenvalue weighted by molar-refractivity contribution is 0.588. The maximum absolute atomic E-state index is 8.33. The summed E-state index contributed by atoms with van der Waals surface area (Å²) in [5.74, 6) is 0.337. The van der Waals surface area contributed by atoms with Gasteiger partial charge in [-0.2, -0.15) is 5.26 Å². The quantitative estimate of drug-likeness (QED) is 0.621. The fraction of sp³-hybridized carbons (Fsp3) is 0. The number of benzene rings is 1. The third-order valence-corrected chi connectivity index (χ3v) is 1.93. The van der Waals surface area contributed by atoms with Gasteiger partial charge >= 0.3 is 6.01 Å². The summed E-state index contributed by atoms with van der Waals surface area (Å²) in [4.78, 5) is 0. The van der Waals surface area contributed by atoms with Crippen LogP contribution in [0, 0.1) is 11.5 Å². The van der Waals surface area contributed by atoms with Gasteiger partial charge < -0.3 is 4.42 Å². The highest BCUT2D eigenvalue weighted by Gasteiger charge is 2.07. The molecule has 1 N–H and O–H groups in total. The second kappa shape index (κ2) is 3.98. The maximum Gasteiger partial charge on any atom is 0.329 e. The smallest absolute Gasteiger partial charge is 0.329 e. The zero-order valence-corrected chi connectivity index (χ0v) is 8.19. The van der Waals surface area contributed by atoms with Crippen molar-refractivity contribution in [2.75, 3.05) is 5.32 Å². The topological polar surface area (TPSA) is 74.7 Å². The highest BCUT2D eigenvalue weighted by atomic mass is 35.5. The zero-order valence-electron chi connectivity index (χ0n) is 7.44. The molecule has 0 spiro atoms. The molecular weight excluding hydrogens is 216 g/mol. The molecule has 1 aromatic carbocycles. The first-order valence-corrected chi connectivity index (χ1v) is 4.42. The van der Waals surface area contributed by atoms with Crippen LogP contribution in [0.2, 0.25) is 5.02 Å². The first-order chi connectivity index (χ1) is 7.29. The Balaban J connectivity index is 2.30. The van der Waals surface area contributed by atoms with Crippen LogP contribution in [-0.2, 0) is 0 Å². The number of halogens is 1. The van der Waals surface area contributed by atoms with Crippen molar-refractivity contribution < 1.29 is 4.42 Å². The fourth-order valence-electron chi connectivity index (χ4n) is 1.03. The molecule has 15 heavy (non-hydrogen) atoms. The van der Waals surface area contributed by atoms with Crippen molar-refractivity contribution in [2.24, 2.45) is 0 Å². The van der Waals surface area contributed by atoms with Crippen LogP contribution in [0.5, 0.6) is 0 Å². The number of hydrogen-bond donors (Lipinski definition) is 1. The number of aromatic nitrogens is 2. The van der Waals surface area contributed by atoms with E-state index in [1.165, 1.54) is 0 Å². The minimum atomic E-state index is 0.0717. The van der Waals surface area contributed by atoms with Crippen LogP contribution in [0.25, 0.3) is 11.5 Å². The van der Waals surface area contributed by atoms with Crippen molar-refractivity contribution >= 4 is 17.6 Å². The summed E-state index contributed by atoms with van der Waals surface area (Å²) in [5, 5.41) is 18.6. The summed E-state index contributed by atoms with van der Waals surface area (Å²) in [5.41, 5.74) is 0.748. The van der Waals surface area contributed by atoms with Gasteiger partial charge in [0.25, 0.3) is 0 Å². The van der Waals surface area contributed by atoms with Gasteiger partial charge in [-0.3, -0.25) is 0 Å². The van der Waals surface area contributed by atoms with Gasteiger partial charge in [0.15, 0.2) is 6.19 Å². The molecule has 1 aromatic heterocycles. The average Bonchev–Trinajstić information content (AvgIpc) is 2.68. The van der Waals surface area contributed by atoms with E-state index in [1.54, 1.807) is 30.5 Å². The van der Waals surface area contributed by atoms with Crippen molar-refractivity contribution in [3.63, 3.8) is 0 Å². The molecule has 0 atom stereocenters. The van der Waals surface area contributed by atoms with Crippen molar-refractivity contribution in [1.29, 1.82) is 5.26 Å². The van der Waals surface area contributed by atoms with Gasteiger partial charge in [0, 0.05) is 10.6 Å². The number of anilines is 1. The van der Waals surface area contributed by atoms with E-state index in [0.29, 0.717) is 10.9 Å². The third kappa shape index (κ3) is 2.06. The lowest BCUT2D eigenvalue weighted by Gasteiger charge is -1.93. The Morgan fingerprint density at radius 1 is 1.27 bits per heavy atom. The molecule has 0 aliphatic rings. The van der Waals surface area contributed by atoms with Crippen molar-refractivity contribution in [1.82, 2.24) is 10.2 Å². The van der Waals surface area contributed by atoms with Crippen LogP contribution in [0.1, 0.15) is 0 Å². The van der Waals surface area contributed by atoms with Gasteiger partial charge in [0.1, 0.15) is 0 Å². The molecule has 0 fully saturated rings. The SMILES string of the molecule is N#CNc1nnc(-c2ccc(Cl)cc2)o1. The first-order valence-electron chi connectivity index (χ1n) is 4.04. The van der Waals surface area contributed by atoms with E-state index in [-0.39, 0.29) is 6.01 Å². The molecule has 0 amide bonds. The molecule has 2 rings (SSSR count). The zero-order chi connectivity index (χ0) is 10.7. The predicted octanol–water partition coefficient (Wildman–Crippen LogP) is 2.28. The summed E-state index contributed by atoms with van der Waals surface area (Å²) in [6, 6.07) is 7.03. The van der Waals surface area contributed by atoms with E-state index >= 15 is 0 Å². The molecule has 74 valence electrons. The summed E-state index contributed by atoms with van der Waals surface area (Å²) < 4.78 is 5.15. The molecular formula is C9H5ClN4O. The second-order valence-electron chi connectivity index (χ2n) is 2.66. The van der Waals surface area contributed by atoms with E-state index in [4.69, 9.17) is 21.3 Å². The number of nitrogens with one attached hydrogen (secondary N) is 1. The first kappa shape index (κ1) is 9.49. The lowest BCUT2D eigenvalue weighted by Crippen LogP contribution is -1.85. The van der Waals surface area contributed by atoms with Crippen LogP contribution >= 0.6 is 11.6 Å². The van der Waals surface area contributed by atoms with Crippen LogP contribution in [-0.4, -0.2) is 10.2 Å². The summed E-state index contributed by atoms with van der Waals surface area (Å²) in [7, 11) is 0. The summed E-state index contributed by atoms with van der Waals surface area (Å²) in [6.07, 6.45) is 1.69. The number of rotatable bonds is 2. The molecule has 5 nitrogen and oxygen atoms in total. The van der Waals surface area contributed by atoms with E-state index in [2.05, 4.69) is 15.5 Å². The lowest BCUT2D eigenvalue weighted by atomic mass is 10.2. The van der Waals surface area contributed by atoms with Gasteiger partial charge in [-0.15, -0.1) is 5.10 Å². The fourth-order valence-corrected chi connectivity index (χ4v) is 1.16.